The van der Waals surface area contributed by atoms with E-state index in [1.807, 2.05) is 0 Å². The molecule has 14 nitrogen and oxygen atoms in total. The number of ether oxygens (including phenoxy) is 1. The van der Waals surface area contributed by atoms with Crippen LogP contribution in [0.25, 0.3) is 0 Å². The minimum Gasteiger partial charge on any atom is -0.481 e. The summed E-state index contributed by atoms with van der Waals surface area (Å²) in [6.07, 6.45) is -0.355. The van der Waals surface area contributed by atoms with Crippen molar-refractivity contribution in [2.45, 2.75) is 24.8 Å². The van der Waals surface area contributed by atoms with Gasteiger partial charge in [-0.25, -0.2) is 9.78 Å². The van der Waals surface area contributed by atoms with E-state index < -0.39 is 41.1 Å². The third-order valence-electron chi connectivity index (χ3n) is 4.53. The van der Waals surface area contributed by atoms with Crippen LogP contribution in [0.2, 0.25) is 0 Å². The van der Waals surface area contributed by atoms with Gasteiger partial charge in [0.1, 0.15) is 36.0 Å². The quantitative estimate of drug-likeness (QED) is 0.0998. The van der Waals surface area contributed by atoms with Crippen LogP contribution in [0.3, 0.4) is 0 Å². The molecule has 5 N–H and O–H groups in total. The Bertz CT molecular complexity index is 1100. The summed E-state index contributed by atoms with van der Waals surface area (Å²) >= 11 is 2.22. The van der Waals surface area contributed by atoms with Crippen LogP contribution in [0.15, 0.2) is 21.8 Å². The number of oxime groups is 1. The summed E-state index contributed by atoms with van der Waals surface area (Å²) in [5, 5.41) is 25.3. The van der Waals surface area contributed by atoms with Crippen molar-refractivity contribution in [2.75, 3.05) is 24.7 Å². The van der Waals surface area contributed by atoms with Crippen LogP contribution in [0.5, 0.6) is 0 Å². The Hall–Kier alpha value is -3.66. The van der Waals surface area contributed by atoms with Crippen molar-refractivity contribution in [1.82, 2.24) is 15.2 Å². The van der Waals surface area contributed by atoms with Gasteiger partial charge in [-0.1, -0.05) is 5.16 Å². The van der Waals surface area contributed by atoms with E-state index in [1.165, 1.54) is 24.1 Å². The zero-order valence-corrected chi connectivity index (χ0v) is 19.2. The van der Waals surface area contributed by atoms with Gasteiger partial charge in [0, 0.05) is 23.6 Å². The fraction of sp³-hybridized carbons (Fsp3) is 0.389. The number of nitrogens with one attached hydrogen (secondary N) is 1. The fourth-order valence-electron chi connectivity index (χ4n) is 3.04. The number of β-lactam (4-membered cyclic amide) rings is 1. The highest BCUT2D eigenvalue weighted by Gasteiger charge is 2.54. The first kappa shape index (κ1) is 25.0. The van der Waals surface area contributed by atoms with Crippen molar-refractivity contribution in [3.63, 3.8) is 0 Å². The van der Waals surface area contributed by atoms with Crippen molar-refractivity contribution >= 4 is 63.7 Å². The predicted octanol–water partition coefficient (Wildman–Crippen LogP) is -0.778. The number of carboxylic acid groups (broad SMARTS) is 2. The molecule has 1 aromatic heterocycles. The highest BCUT2D eigenvalue weighted by atomic mass is 32.2. The van der Waals surface area contributed by atoms with Crippen LogP contribution in [0, 0.1) is 0 Å². The molecule has 1 fully saturated rings. The van der Waals surface area contributed by atoms with Crippen LogP contribution >= 0.6 is 23.1 Å². The van der Waals surface area contributed by atoms with E-state index in [-0.39, 0.29) is 53.2 Å². The Morgan fingerprint density at radius 2 is 2.09 bits per heavy atom. The number of anilines is 1. The Morgan fingerprint density at radius 3 is 2.68 bits per heavy atom. The normalized spacial score (nSPS) is 19.7. The maximum atomic E-state index is 12.9. The maximum absolute atomic E-state index is 12.9. The number of hydrogen-bond acceptors (Lipinski definition) is 12. The lowest BCUT2D eigenvalue weighted by molar-refractivity contribution is -0.150. The summed E-state index contributed by atoms with van der Waals surface area (Å²) in [6, 6.07) is -1.07. The van der Waals surface area contributed by atoms with Gasteiger partial charge in [-0.15, -0.1) is 23.1 Å². The Kier molecular flexibility index (Phi) is 7.72. The first-order valence-corrected chi connectivity index (χ1v) is 11.5. The number of thioether (sulfide) groups is 1. The molecule has 0 aliphatic carbocycles. The average Bonchev–Trinajstić information content (AvgIpc) is 3.20. The van der Waals surface area contributed by atoms with Crippen LogP contribution in [-0.2, 0) is 33.5 Å². The molecule has 0 aromatic carbocycles. The number of amides is 2. The third kappa shape index (κ3) is 5.45. The molecule has 2 aliphatic rings. The minimum absolute atomic E-state index is 0.0602. The number of nitrogens with two attached hydrogens (primary N) is 1. The van der Waals surface area contributed by atoms with Gasteiger partial charge in [0.05, 0.1) is 6.42 Å². The van der Waals surface area contributed by atoms with Gasteiger partial charge in [0.15, 0.2) is 10.8 Å². The zero-order valence-electron chi connectivity index (χ0n) is 17.5. The molecule has 182 valence electrons. The number of hydrogen-bond donors (Lipinski definition) is 4. The molecule has 1 saturated heterocycles. The van der Waals surface area contributed by atoms with E-state index in [2.05, 4.69) is 15.5 Å². The van der Waals surface area contributed by atoms with E-state index in [0.29, 0.717) is 0 Å². The number of thiazole rings is 1. The monoisotopic (exact) mass is 513 g/mol. The third-order valence-corrected chi connectivity index (χ3v) is 6.54. The molecule has 3 heterocycles. The molecule has 0 bridgehead atoms. The summed E-state index contributed by atoms with van der Waals surface area (Å²) in [5.74, 6) is -4.43. The summed E-state index contributed by atoms with van der Waals surface area (Å²) in [5.41, 5.74) is 5.31. The summed E-state index contributed by atoms with van der Waals surface area (Å²) in [6.45, 7) is 0.603. The van der Waals surface area contributed by atoms with Crippen molar-refractivity contribution in [2.24, 2.45) is 5.16 Å². The van der Waals surface area contributed by atoms with Crippen molar-refractivity contribution < 1.29 is 43.8 Å². The number of esters is 1. The Balaban J connectivity index is 1.76. The minimum atomic E-state index is -1.36. The molecule has 0 spiro atoms. The zero-order chi connectivity index (χ0) is 25.0. The van der Waals surface area contributed by atoms with E-state index in [9.17, 15) is 29.1 Å². The summed E-state index contributed by atoms with van der Waals surface area (Å²) in [4.78, 5) is 69.0. The topological polar surface area (TPSA) is 211 Å². The number of carboxylic acids is 2. The van der Waals surface area contributed by atoms with Gasteiger partial charge in [-0.05, 0) is 0 Å². The van der Waals surface area contributed by atoms with Crippen LogP contribution in [0.1, 0.15) is 19.0 Å². The van der Waals surface area contributed by atoms with Gasteiger partial charge < -0.3 is 30.8 Å². The molecule has 1 aromatic rings. The second kappa shape index (κ2) is 10.5. The molecule has 0 radical (unpaired) electrons. The molecule has 2 amide bonds. The number of fused-ring (bicyclic) bond motifs is 1. The van der Waals surface area contributed by atoms with Gasteiger partial charge >= 0.3 is 17.9 Å². The number of aliphatic carboxylic acids is 2. The number of carbonyl (C=O) groups is 5. The fourth-order valence-corrected chi connectivity index (χ4v) is 4.91. The molecule has 16 heteroatoms. The standard InChI is InChI=1S/C18H19N5O9S2/c1-7(24)31-4-8-5-33-16-12(15(28)23(16)13(8)17(29)30)21-14(27)11(9-6-34-18(19)20-9)22-32-3-2-10(25)26/h6,12,16H,2-5H2,1H3,(H2,19,20)(H,21,27)(H,25,26)(H,29,30)/b22-11-. The molecule has 2 atom stereocenters. The van der Waals surface area contributed by atoms with Crippen molar-refractivity contribution in [1.29, 1.82) is 0 Å². The lowest BCUT2D eigenvalue weighted by atomic mass is 10.0. The van der Waals surface area contributed by atoms with E-state index in [4.69, 9.17) is 20.4 Å². The Labute approximate surface area is 199 Å². The van der Waals surface area contributed by atoms with E-state index in [0.717, 1.165) is 16.2 Å². The van der Waals surface area contributed by atoms with E-state index in [1.54, 1.807) is 0 Å². The van der Waals surface area contributed by atoms with Gasteiger partial charge in [0.25, 0.3) is 11.8 Å². The second-order valence-corrected chi connectivity index (χ2v) is 8.88. The largest absolute Gasteiger partial charge is 0.481 e. The molecular formula is C18H19N5O9S2. The SMILES string of the molecule is CC(=O)OCC1=C(C(=O)O)N2C(=O)C(NC(=O)/C(=N\OCCC(=O)O)c3csc(N)n3)C2SC1. The average molecular weight is 514 g/mol. The Morgan fingerprint density at radius 1 is 1.35 bits per heavy atom. The van der Waals surface area contributed by atoms with Crippen LogP contribution in [0.4, 0.5) is 5.13 Å². The van der Waals surface area contributed by atoms with Crippen molar-refractivity contribution in [3.8, 4) is 0 Å². The summed E-state index contributed by atoms with van der Waals surface area (Å²) < 4.78 is 4.88. The molecule has 0 saturated carbocycles. The first-order chi connectivity index (χ1) is 16.1. The highest BCUT2D eigenvalue weighted by molar-refractivity contribution is 8.00. The van der Waals surface area contributed by atoms with Crippen molar-refractivity contribution in [3.05, 3.63) is 22.3 Å². The lowest BCUT2D eigenvalue weighted by Crippen LogP contribution is -2.71. The first-order valence-electron chi connectivity index (χ1n) is 9.57. The number of aromatic nitrogens is 1. The van der Waals surface area contributed by atoms with Crippen LogP contribution < -0.4 is 11.1 Å². The molecule has 3 rings (SSSR count). The maximum Gasteiger partial charge on any atom is 0.352 e. The number of carbonyl (C=O) groups excluding carboxylic acids is 3. The molecule has 34 heavy (non-hydrogen) atoms. The van der Waals surface area contributed by atoms with Gasteiger partial charge in [0.2, 0.25) is 0 Å². The number of nitrogens with zero attached hydrogens (tertiary/aromatic N) is 3. The predicted molar refractivity (Wildman–Crippen MR) is 118 cm³/mol. The smallest absolute Gasteiger partial charge is 0.352 e. The highest BCUT2D eigenvalue weighted by Crippen LogP contribution is 2.40. The molecule has 2 unspecified atom stereocenters. The number of nitrogen functional groups attached to an aromatic ring is 1. The van der Waals surface area contributed by atoms with Crippen LogP contribution in [-0.4, -0.2) is 85.9 Å². The second-order valence-electron chi connectivity index (χ2n) is 6.89. The van der Waals surface area contributed by atoms with Gasteiger partial charge in [-0.3, -0.25) is 24.1 Å². The number of rotatable bonds is 10. The molecule has 2 aliphatic heterocycles. The molecular weight excluding hydrogens is 494 g/mol. The van der Waals surface area contributed by atoms with E-state index >= 15 is 0 Å². The van der Waals surface area contributed by atoms with Gasteiger partial charge in [-0.2, -0.15) is 0 Å². The summed E-state index contributed by atoms with van der Waals surface area (Å²) in [7, 11) is 0. The lowest BCUT2D eigenvalue weighted by Gasteiger charge is -2.49.